The van der Waals surface area contributed by atoms with Crippen LogP contribution in [0.1, 0.15) is 0 Å². The van der Waals surface area contributed by atoms with Gasteiger partial charge in [0.25, 0.3) is 0 Å². The second-order valence-electron chi connectivity index (χ2n) is 2.21. The highest BCUT2D eigenvalue weighted by Gasteiger charge is 2.26. The van der Waals surface area contributed by atoms with E-state index in [-0.39, 0.29) is 13.4 Å². The standard InChI is InChI=1S/C7H10O5/c1-10-4-11-5-2-7(9)12-6(5)3-8/h2,6,8H,3-4H2,1H3. The summed E-state index contributed by atoms with van der Waals surface area (Å²) in [5, 5.41) is 8.71. The molecule has 0 fully saturated rings. The zero-order chi connectivity index (χ0) is 8.97. The molecule has 0 aromatic heterocycles. The van der Waals surface area contributed by atoms with Crippen LogP contribution in [0.25, 0.3) is 0 Å². The molecule has 0 aromatic carbocycles. The summed E-state index contributed by atoms with van der Waals surface area (Å²) in [5.74, 6) is -0.190. The van der Waals surface area contributed by atoms with Crippen molar-refractivity contribution in [3.8, 4) is 0 Å². The van der Waals surface area contributed by atoms with Gasteiger partial charge in [0.1, 0.15) is 5.76 Å². The van der Waals surface area contributed by atoms with Crippen LogP contribution in [0, 0.1) is 0 Å². The lowest BCUT2D eigenvalue weighted by atomic mass is 10.3. The number of cyclic esters (lactones) is 1. The largest absolute Gasteiger partial charge is 0.468 e. The smallest absolute Gasteiger partial charge is 0.335 e. The number of hydrogen-bond acceptors (Lipinski definition) is 5. The number of carbonyl (C=O) groups excluding carboxylic acids is 1. The van der Waals surface area contributed by atoms with Crippen molar-refractivity contribution < 1.29 is 24.1 Å². The van der Waals surface area contributed by atoms with Gasteiger partial charge in [-0.25, -0.2) is 4.79 Å². The zero-order valence-electron chi connectivity index (χ0n) is 6.65. The Balaban J connectivity index is 2.48. The third-order valence-corrected chi connectivity index (χ3v) is 1.35. The van der Waals surface area contributed by atoms with E-state index in [1.807, 2.05) is 0 Å². The maximum Gasteiger partial charge on any atom is 0.335 e. The second-order valence-corrected chi connectivity index (χ2v) is 2.21. The van der Waals surface area contributed by atoms with Gasteiger partial charge in [-0.1, -0.05) is 0 Å². The van der Waals surface area contributed by atoms with E-state index < -0.39 is 12.1 Å². The summed E-state index contributed by atoms with van der Waals surface area (Å²) in [6.45, 7) is -0.236. The first-order valence-electron chi connectivity index (χ1n) is 3.42. The molecule has 5 heteroatoms. The van der Waals surface area contributed by atoms with Crippen molar-refractivity contribution in [2.45, 2.75) is 6.10 Å². The molecule has 5 nitrogen and oxygen atoms in total. The molecule has 1 aliphatic heterocycles. The lowest BCUT2D eigenvalue weighted by molar-refractivity contribution is -0.141. The SMILES string of the molecule is COCOC1=CC(=O)OC1CO. The van der Waals surface area contributed by atoms with Crippen LogP contribution < -0.4 is 0 Å². The maximum atomic E-state index is 10.7. The fourth-order valence-corrected chi connectivity index (χ4v) is 0.830. The van der Waals surface area contributed by atoms with Crippen molar-refractivity contribution in [1.29, 1.82) is 0 Å². The molecule has 0 aromatic rings. The van der Waals surface area contributed by atoms with Crippen molar-refractivity contribution in [3.05, 3.63) is 11.8 Å². The van der Waals surface area contributed by atoms with E-state index in [2.05, 4.69) is 9.47 Å². The quantitative estimate of drug-likeness (QED) is 0.455. The summed E-state index contributed by atoms with van der Waals surface area (Å²) < 4.78 is 14.2. The van der Waals surface area contributed by atoms with Gasteiger partial charge in [-0.05, 0) is 0 Å². The average molecular weight is 174 g/mol. The molecule has 12 heavy (non-hydrogen) atoms. The van der Waals surface area contributed by atoms with Crippen LogP contribution in [0.2, 0.25) is 0 Å². The highest BCUT2D eigenvalue weighted by Crippen LogP contribution is 2.15. The minimum Gasteiger partial charge on any atom is -0.468 e. The molecule has 0 bridgehead atoms. The summed E-state index contributed by atoms with van der Waals surface area (Å²) >= 11 is 0. The maximum absolute atomic E-state index is 10.7. The number of hydrogen-bond donors (Lipinski definition) is 1. The van der Waals surface area contributed by atoms with Crippen molar-refractivity contribution >= 4 is 5.97 Å². The predicted octanol–water partition coefficient (Wildman–Crippen LogP) is -0.592. The van der Waals surface area contributed by atoms with Crippen molar-refractivity contribution in [2.75, 3.05) is 20.5 Å². The van der Waals surface area contributed by atoms with E-state index in [4.69, 9.17) is 9.84 Å². The van der Waals surface area contributed by atoms with Gasteiger partial charge in [0.05, 0.1) is 12.7 Å². The molecule has 0 spiro atoms. The summed E-state index contributed by atoms with van der Waals surface area (Å²) in [6.07, 6.45) is 0.521. The molecule has 0 aliphatic carbocycles. The van der Waals surface area contributed by atoms with Crippen molar-refractivity contribution in [2.24, 2.45) is 0 Å². The summed E-state index contributed by atoms with van der Waals surface area (Å²) in [4.78, 5) is 10.7. The van der Waals surface area contributed by atoms with Crippen LogP contribution in [0.5, 0.6) is 0 Å². The van der Waals surface area contributed by atoms with Crippen LogP contribution >= 0.6 is 0 Å². The highest BCUT2D eigenvalue weighted by molar-refractivity contribution is 5.85. The van der Waals surface area contributed by atoms with Crippen LogP contribution in [0.3, 0.4) is 0 Å². The van der Waals surface area contributed by atoms with E-state index in [1.54, 1.807) is 0 Å². The lowest BCUT2D eigenvalue weighted by Gasteiger charge is -2.11. The van der Waals surface area contributed by atoms with Crippen LogP contribution in [-0.2, 0) is 19.0 Å². The molecule has 1 aliphatic rings. The average Bonchev–Trinajstić information content (AvgIpc) is 2.42. The predicted molar refractivity (Wildman–Crippen MR) is 38.0 cm³/mol. The number of methoxy groups -OCH3 is 1. The molecule has 0 saturated carbocycles. The van der Waals surface area contributed by atoms with Crippen molar-refractivity contribution in [3.63, 3.8) is 0 Å². The Morgan fingerprint density at radius 3 is 3.08 bits per heavy atom. The normalized spacial score (nSPS) is 22.0. The minimum atomic E-state index is -0.673. The number of carbonyl (C=O) groups is 1. The first kappa shape index (κ1) is 9.02. The van der Waals surface area contributed by atoms with E-state index in [1.165, 1.54) is 13.2 Å². The van der Waals surface area contributed by atoms with Gasteiger partial charge in [-0.15, -0.1) is 0 Å². The van der Waals surface area contributed by atoms with Gasteiger partial charge >= 0.3 is 5.97 Å². The van der Waals surface area contributed by atoms with E-state index in [0.29, 0.717) is 5.76 Å². The van der Waals surface area contributed by atoms with Gasteiger partial charge in [-0.3, -0.25) is 0 Å². The third kappa shape index (κ3) is 1.96. The monoisotopic (exact) mass is 174 g/mol. The van der Waals surface area contributed by atoms with Gasteiger partial charge in [0.15, 0.2) is 12.9 Å². The molecular weight excluding hydrogens is 164 g/mol. The molecule has 1 N–H and O–H groups in total. The van der Waals surface area contributed by atoms with E-state index in [9.17, 15) is 4.79 Å². The number of esters is 1. The molecule has 1 unspecified atom stereocenters. The van der Waals surface area contributed by atoms with Crippen LogP contribution in [-0.4, -0.2) is 37.7 Å². The minimum absolute atomic E-state index is 0.0406. The Kier molecular flexibility index (Phi) is 3.07. The number of ether oxygens (including phenoxy) is 3. The Labute approximate surface area is 69.5 Å². The number of aliphatic hydroxyl groups excluding tert-OH is 1. The van der Waals surface area contributed by atoms with Gasteiger partial charge < -0.3 is 19.3 Å². The number of rotatable bonds is 4. The lowest BCUT2D eigenvalue weighted by Crippen LogP contribution is -2.18. The van der Waals surface area contributed by atoms with Gasteiger partial charge in [0.2, 0.25) is 0 Å². The first-order valence-corrected chi connectivity index (χ1v) is 3.42. The Morgan fingerprint density at radius 1 is 1.75 bits per heavy atom. The van der Waals surface area contributed by atoms with Crippen molar-refractivity contribution in [1.82, 2.24) is 0 Å². The fraction of sp³-hybridized carbons (Fsp3) is 0.571. The van der Waals surface area contributed by atoms with E-state index >= 15 is 0 Å². The summed E-state index contributed by atoms with van der Waals surface area (Å²) in [6, 6.07) is 0. The van der Waals surface area contributed by atoms with Crippen LogP contribution in [0.4, 0.5) is 0 Å². The number of aliphatic hydroxyl groups is 1. The zero-order valence-corrected chi connectivity index (χ0v) is 6.65. The molecular formula is C7H10O5. The molecule has 1 heterocycles. The summed E-state index contributed by atoms with van der Waals surface area (Å²) in [5.41, 5.74) is 0. The molecule has 0 saturated heterocycles. The molecule has 0 radical (unpaired) electrons. The Bertz CT molecular complexity index is 198. The Hall–Kier alpha value is -1.07. The molecule has 0 amide bonds. The highest BCUT2D eigenvalue weighted by atomic mass is 16.7. The van der Waals surface area contributed by atoms with E-state index in [0.717, 1.165) is 0 Å². The summed E-state index contributed by atoms with van der Waals surface area (Å²) in [7, 11) is 1.46. The van der Waals surface area contributed by atoms with Gasteiger partial charge in [-0.2, -0.15) is 0 Å². The van der Waals surface area contributed by atoms with Gasteiger partial charge in [0, 0.05) is 7.11 Å². The second kappa shape index (κ2) is 4.08. The Morgan fingerprint density at radius 2 is 2.50 bits per heavy atom. The first-order chi connectivity index (χ1) is 5.77. The third-order valence-electron chi connectivity index (χ3n) is 1.35. The topological polar surface area (TPSA) is 65.0 Å². The van der Waals surface area contributed by atoms with Crippen LogP contribution in [0.15, 0.2) is 11.8 Å². The molecule has 1 atom stereocenters. The fourth-order valence-electron chi connectivity index (χ4n) is 0.830. The molecule has 68 valence electrons. The molecule has 1 rings (SSSR count).